The summed E-state index contributed by atoms with van der Waals surface area (Å²) in [6.07, 6.45) is 14.9. The molecule has 2 nitrogen and oxygen atoms in total. The van der Waals surface area contributed by atoms with Gasteiger partial charge >= 0.3 is 0 Å². The zero-order valence-electron chi connectivity index (χ0n) is 20.6. The maximum atomic E-state index is 6.22. The molecule has 0 spiro atoms. The lowest BCUT2D eigenvalue weighted by Gasteiger charge is -2.13. The quantitative estimate of drug-likeness (QED) is 0.237. The molecule has 0 aliphatic rings. The molecule has 170 valence electrons. The molecule has 0 saturated heterocycles. The van der Waals surface area contributed by atoms with Crippen LogP contribution in [-0.4, -0.2) is 13.7 Å². The van der Waals surface area contributed by atoms with Crippen molar-refractivity contribution in [3.63, 3.8) is 0 Å². The van der Waals surface area contributed by atoms with Crippen molar-refractivity contribution in [3.05, 3.63) is 57.6 Å². The standard InChI is InChI=1S/C29H42O2/c1-7-8-9-10-11-12-13-14-17-31-29-20-23(3)22(2)19-27(29)16-15-26-21-28(30-6)25(5)18-24(26)4/h15-16,18-21H,7-14,17H2,1-6H3/b16-15+. The normalized spacial score (nSPS) is 11.3. The van der Waals surface area contributed by atoms with Crippen molar-refractivity contribution in [1.82, 2.24) is 0 Å². The van der Waals surface area contributed by atoms with Crippen molar-refractivity contribution < 1.29 is 9.47 Å². The van der Waals surface area contributed by atoms with Gasteiger partial charge in [-0.3, -0.25) is 0 Å². The van der Waals surface area contributed by atoms with Gasteiger partial charge in [-0.25, -0.2) is 0 Å². The van der Waals surface area contributed by atoms with Gasteiger partial charge in [0.05, 0.1) is 13.7 Å². The average molecular weight is 423 g/mol. The van der Waals surface area contributed by atoms with Gasteiger partial charge in [0.15, 0.2) is 0 Å². The molecule has 0 bridgehead atoms. The Morgan fingerprint density at radius 2 is 1.23 bits per heavy atom. The van der Waals surface area contributed by atoms with Gasteiger partial charge in [-0.1, -0.05) is 70.1 Å². The minimum Gasteiger partial charge on any atom is -0.496 e. The fraction of sp³-hybridized carbons (Fsp3) is 0.517. The molecule has 0 atom stereocenters. The Labute approximate surface area is 190 Å². The highest BCUT2D eigenvalue weighted by Crippen LogP contribution is 2.28. The van der Waals surface area contributed by atoms with Crippen LogP contribution in [0.4, 0.5) is 0 Å². The van der Waals surface area contributed by atoms with E-state index >= 15 is 0 Å². The van der Waals surface area contributed by atoms with Crippen LogP contribution in [0, 0.1) is 27.7 Å². The van der Waals surface area contributed by atoms with Gasteiger partial charge in [0.25, 0.3) is 0 Å². The lowest BCUT2D eigenvalue weighted by atomic mass is 10.0. The van der Waals surface area contributed by atoms with Crippen molar-refractivity contribution in [2.75, 3.05) is 13.7 Å². The van der Waals surface area contributed by atoms with Gasteiger partial charge in [0, 0.05) is 5.56 Å². The summed E-state index contributed by atoms with van der Waals surface area (Å²) in [7, 11) is 1.73. The Kier molecular flexibility index (Phi) is 10.7. The number of aryl methyl sites for hydroxylation is 4. The maximum Gasteiger partial charge on any atom is 0.126 e. The predicted octanol–water partition coefficient (Wildman–Crippen LogP) is 8.62. The lowest BCUT2D eigenvalue weighted by Crippen LogP contribution is -2.00. The van der Waals surface area contributed by atoms with E-state index in [0.29, 0.717) is 0 Å². The SMILES string of the molecule is CCCCCCCCCCOc1cc(C)c(C)cc1/C=C/c1cc(OC)c(C)cc1C. The Morgan fingerprint density at radius 3 is 1.90 bits per heavy atom. The molecule has 0 radical (unpaired) electrons. The number of hydrogen-bond donors (Lipinski definition) is 0. The minimum atomic E-state index is 0.787. The first kappa shape index (κ1) is 25.0. The third-order valence-corrected chi connectivity index (χ3v) is 6.11. The summed E-state index contributed by atoms with van der Waals surface area (Å²) in [5.41, 5.74) is 7.29. The Morgan fingerprint density at radius 1 is 0.613 bits per heavy atom. The second-order valence-corrected chi connectivity index (χ2v) is 8.81. The molecule has 0 amide bonds. The zero-order valence-corrected chi connectivity index (χ0v) is 20.6. The fourth-order valence-electron chi connectivity index (χ4n) is 3.91. The van der Waals surface area contributed by atoms with E-state index in [0.717, 1.165) is 35.7 Å². The van der Waals surface area contributed by atoms with E-state index in [1.807, 2.05) is 0 Å². The summed E-state index contributed by atoms with van der Waals surface area (Å²) < 4.78 is 11.7. The highest BCUT2D eigenvalue weighted by atomic mass is 16.5. The van der Waals surface area contributed by atoms with Gasteiger partial charge in [-0.2, -0.15) is 0 Å². The molecule has 0 fully saturated rings. The Balaban J connectivity index is 2.00. The van der Waals surface area contributed by atoms with Gasteiger partial charge in [-0.15, -0.1) is 0 Å². The molecule has 2 aromatic rings. The summed E-state index contributed by atoms with van der Waals surface area (Å²) in [6.45, 7) is 11.6. The number of ether oxygens (including phenoxy) is 2. The van der Waals surface area contributed by atoms with E-state index in [2.05, 4.69) is 71.0 Å². The number of methoxy groups -OCH3 is 1. The van der Waals surface area contributed by atoms with Crippen molar-refractivity contribution in [2.45, 2.75) is 86.0 Å². The first-order chi connectivity index (χ1) is 15.0. The molecule has 0 aliphatic carbocycles. The fourth-order valence-corrected chi connectivity index (χ4v) is 3.91. The van der Waals surface area contributed by atoms with E-state index in [1.54, 1.807) is 7.11 Å². The van der Waals surface area contributed by atoms with Crippen LogP contribution in [0.25, 0.3) is 12.2 Å². The molecule has 2 rings (SSSR count). The molecular weight excluding hydrogens is 380 g/mol. The molecule has 0 aliphatic heterocycles. The van der Waals surface area contributed by atoms with Crippen LogP contribution in [0.3, 0.4) is 0 Å². The van der Waals surface area contributed by atoms with Crippen LogP contribution in [0.1, 0.15) is 91.7 Å². The molecule has 0 heterocycles. The van der Waals surface area contributed by atoms with Crippen molar-refractivity contribution in [1.29, 1.82) is 0 Å². The molecule has 0 saturated carbocycles. The number of unbranched alkanes of at least 4 members (excludes halogenated alkanes) is 7. The summed E-state index contributed by atoms with van der Waals surface area (Å²) in [4.78, 5) is 0. The van der Waals surface area contributed by atoms with Crippen molar-refractivity contribution in [2.24, 2.45) is 0 Å². The van der Waals surface area contributed by atoms with Crippen molar-refractivity contribution in [3.8, 4) is 11.5 Å². The number of rotatable bonds is 13. The number of hydrogen-bond acceptors (Lipinski definition) is 2. The largest absolute Gasteiger partial charge is 0.496 e. The van der Waals surface area contributed by atoms with E-state index in [4.69, 9.17) is 9.47 Å². The monoisotopic (exact) mass is 422 g/mol. The van der Waals surface area contributed by atoms with E-state index in [9.17, 15) is 0 Å². The lowest BCUT2D eigenvalue weighted by molar-refractivity contribution is 0.303. The third kappa shape index (κ3) is 8.09. The van der Waals surface area contributed by atoms with E-state index in [1.165, 1.54) is 67.2 Å². The maximum absolute atomic E-state index is 6.22. The molecule has 2 heteroatoms. The van der Waals surface area contributed by atoms with Gasteiger partial charge in [-0.05, 0) is 80.1 Å². The summed E-state index contributed by atoms with van der Waals surface area (Å²) in [5, 5.41) is 0. The molecule has 2 aromatic carbocycles. The molecule has 0 aromatic heterocycles. The highest BCUT2D eigenvalue weighted by molar-refractivity contribution is 5.75. The van der Waals surface area contributed by atoms with E-state index in [-0.39, 0.29) is 0 Å². The smallest absolute Gasteiger partial charge is 0.126 e. The second-order valence-electron chi connectivity index (χ2n) is 8.81. The third-order valence-electron chi connectivity index (χ3n) is 6.11. The van der Waals surface area contributed by atoms with Crippen LogP contribution < -0.4 is 9.47 Å². The first-order valence-corrected chi connectivity index (χ1v) is 12.0. The topological polar surface area (TPSA) is 18.5 Å². The average Bonchev–Trinajstić information content (AvgIpc) is 2.74. The van der Waals surface area contributed by atoms with Crippen molar-refractivity contribution >= 4 is 12.2 Å². The van der Waals surface area contributed by atoms with Gasteiger partial charge in [0.2, 0.25) is 0 Å². The molecular formula is C29H42O2. The summed E-state index contributed by atoms with van der Waals surface area (Å²) in [6, 6.07) is 8.71. The van der Waals surface area contributed by atoms with Crippen LogP contribution in [0.15, 0.2) is 24.3 Å². The van der Waals surface area contributed by atoms with E-state index < -0.39 is 0 Å². The Hall–Kier alpha value is -2.22. The predicted molar refractivity (Wildman–Crippen MR) is 135 cm³/mol. The molecule has 31 heavy (non-hydrogen) atoms. The van der Waals surface area contributed by atoms with Gasteiger partial charge in [0.1, 0.15) is 11.5 Å². The zero-order chi connectivity index (χ0) is 22.6. The van der Waals surface area contributed by atoms with Gasteiger partial charge < -0.3 is 9.47 Å². The van der Waals surface area contributed by atoms with Crippen LogP contribution >= 0.6 is 0 Å². The highest BCUT2D eigenvalue weighted by Gasteiger charge is 2.07. The summed E-state index contributed by atoms with van der Waals surface area (Å²) >= 11 is 0. The number of benzene rings is 2. The van der Waals surface area contributed by atoms with Crippen LogP contribution in [-0.2, 0) is 0 Å². The van der Waals surface area contributed by atoms with Crippen LogP contribution in [0.5, 0.6) is 11.5 Å². The molecule has 0 N–H and O–H groups in total. The summed E-state index contributed by atoms with van der Waals surface area (Å²) in [5.74, 6) is 1.91. The Bertz CT molecular complexity index is 848. The second kappa shape index (κ2) is 13.2. The first-order valence-electron chi connectivity index (χ1n) is 12.0. The van der Waals surface area contributed by atoms with Crippen LogP contribution in [0.2, 0.25) is 0 Å². The minimum absolute atomic E-state index is 0.787. The molecule has 0 unspecified atom stereocenters.